The lowest BCUT2D eigenvalue weighted by Gasteiger charge is -2.34. The van der Waals surface area contributed by atoms with Gasteiger partial charge in [-0.15, -0.1) is 0 Å². The Morgan fingerprint density at radius 1 is 0.389 bits per heavy atom. The second-order valence-corrected chi connectivity index (χ2v) is 19.8. The number of aromatic nitrogens is 2. The molecule has 72 heavy (non-hydrogen) atoms. The summed E-state index contributed by atoms with van der Waals surface area (Å²) in [6.07, 6.45) is 0. The van der Waals surface area contributed by atoms with Gasteiger partial charge in [-0.1, -0.05) is 238 Å². The fourth-order valence-corrected chi connectivity index (χ4v) is 12.5. The second-order valence-electron chi connectivity index (χ2n) is 19.8. The summed E-state index contributed by atoms with van der Waals surface area (Å²) in [5, 5.41) is 7.80. The van der Waals surface area contributed by atoms with Crippen LogP contribution in [0.3, 0.4) is 0 Å². The average molecular weight is 920 g/mol. The van der Waals surface area contributed by atoms with Crippen molar-refractivity contribution in [2.75, 3.05) is 4.90 Å². The van der Waals surface area contributed by atoms with Gasteiger partial charge in [0.2, 0.25) is 0 Å². The van der Waals surface area contributed by atoms with Gasteiger partial charge in [0.15, 0.2) is 0 Å². The van der Waals surface area contributed by atoms with Crippen molar-refractivity contribution in [3.63, 3.8) is 0 Å². The Balaban J connectivity index is 1.08. The van der Waals surface area contributed by atoms with Crippen LogP contribution >= 0.6 is 0 Å². The molecule has 3 heteroatoms. The minimum Gasteiger partial charge on any atom is -0.310 e. The average Bonchev–Trinajstić information content (AvgIpc) is 4.07. The molecule has 2 aromatic heterocycles. The third kappa shape index (κ3) is 6.14. The van der Waals surface area contributed by atoms with Gasteiger partial charge in [0, 0.05) is 44.4 Å². The fraction of sp³-hybridized carbons (Fsp3) is 0.0580. The predicted molar refractivity (Wildman–Crippen MR) is 299 cm³/mol. The van der Waals surface area contributed by atoms with Crippen molar-refractivity contribution in [1.29, 1.82) is 0 Å². The number of pyridine rings is 1. The van der Waals surface area contributed by atoms with E-state index < -0.39 is 5.41 Å². The molecule has 0 saturated heterocycles. The van der Waals surface area contributed by atoms with Crippen LogP contribution in [0.25, 0.3) is 72.2 Å². The van der Waals surface area contributed by atoms with E-state index >= 15 is 0 Å². The van der Waals surface area contributed by atoms with Crippen molar-refractivity contribution in [1.82, 2.24) is 9.61 Å². The number of rotatable bonds is 8. The molecule has 0 N–H and O–H groups in total. The molecule has 12 aromatic rings. The topological polar surface area (TPSA) is 20.5 Å². The molecule has 2 heterocycles. The van der Waals surface area contributed by atoms with Gasteiger partial charge >= 0.3 is 0 Å². The van der Waals surface area contributed by atoms with E-state index in [1.807, 2.05) is 0 Å². The SMILES string of the molecule is CC1(C)c2ccccc2-c2ccc(N(c3ccc4c(c3)cc(-c3ccccc3)n3nc(-c5ccccc5)c(-c5ccccc5)c43)c3cccc4c3-c3ccccc3C4(c3ccccc3)c3ccccc3)cc21. The molecule has 2 aliphatic carbocycles. The molecule has 3 nitrogen and oxygen atoms in total. The lowest BCUT2D eigenvalue weighted by Crippen LogP contribution is -2.28. The summed E-state index contributed by atoms with van der Waals surface area (Å²) >= 11 is 0. The van der Waals surface area contributed by atoms with E-state index in [-0.39, 0.29) is 5.41 Å². The third-order valence-corrected chi connectivity index (χ3v) is 15.7. The molecule has 0 unspecified atom stereocenters. The number of anilines is 3. The van der Waals surface area contributed by atoms with Crippen LogP contribution < -0.4 is 4.90 Å². The zero-order chi connectivity index (χ0) is 48.0. The zero-order valence-corrected chi connectivity index (χ0v) is 40.2. The van der Waals surface area contributed by atoms with Crippen LogP contribution in [0.4, 0.5) is 17.1 Å². The number of hydrogen-bond donors (Lipinski definition) is 0. The Hall–Kier alpha value is -9.05. The molecular weight excluding hydrogens is 871 g/mol. The van der Waals surface area contributed by atoms with Crippen LogP contribution in [-0.2, 0) is 10.8 Å². The molecule has 2 aliphatic rings. The number of benzene rings is 10. The second kappa shape index (κ2) is 16.3. The molecule has 0 aliphatic heterocycles. The maximum atomic E-state index is 5.53. The largest absolute Gasteiger partial charge is 0.310 e. The summed E-state index contributed by atoms with van der Waals surface area (Å²) in [5.41, 5.74) is 22.9. The number of fused-ring (bicyclic) bond motifs is 9. The van der Waals surface area contributed by atoms with Gasteiger partial charge < -0.3 is 4.90 Å². The Morgan fingerprint density at radius 2 is 0.917 bits per heavy atom. The number of nitrogens with zero attached hydrogens (tertiary/aromatic N) is 3. The van der Waals surface area contributed by atoms with Gasteiger partial charge in [-0.2, -0.15) is 5.10 Å². The van der Waals surface area contributed by atoms with E-state index in [0.29, 0.717) is 0 Å². The highest BCUT2D eigenvalue weighted by molar-refractivity contribution is 6.10. The summed E-state index contributed by atoms with van der Waals surface area (Å²) in [6, 6.07) is 96.0. The van der Waals surface area contributed by atoms with E-state index in [2.05, 4.69) is 284 Å². The summed E-state index contributed by atoms with van der Waals surface area (Å²) in [6.45, 7) is 4.75. The molecule has 10 aromatic carbocycles. The van der Waals surface area contributed by atoms with Gasteiger partial charge in [-0.3, -0.25) is 0 Å². The van der Waals surface area contributed by atoms with E-state index in [1.54, 1.807) is 0 Å². The van der Waals surface area contributed by atoms with Gasteiger partial charge in [0.25, 0.3) is 0 Å². The standard InChI is InChI=1S/C69H49N3/c1-68(2)58-35-20-18-33-55(58)56-42-40-53(45-61(56)68)71(62-38-22-37-60-65(62)57-34-19-21-36-59(57)69(60,50-29-14-6-15-30-50)51-31-16-7-17-32-51)52-39-41-54-49(43-52)44-63(46-23-8-3-9-24-46)72-67(54)64(47-25-10-4-11-26-47)66(70-72)48-27-12-5-13-28-48/h3-45H,1-2H3. The molecule has 0 bridgehead atoms. The van der Waals surface area contributed by atoms with Crippen LogP contribution in [0, 0.1) is 0 Å². The molecule has 0 radical (unpaired) electrons. The smallest absolute Gasteiger partial charge is 0.101 e. The van der Waals surface area contributed by atoms with Crippen LogP contribution in [-0.4, -0.2) is 9.61 Å². The lowest BCUT2D eigenvalue weighted by atomic mass is 9.68. The van der Waals surface area contributed by atoms with Crippen LogP contribution in [0.1, 0.15) is 47.2 Å². The van der Waals surface area contributed by atoms with Crippen molar-refractivity contribution in [2.24, 2.45) is 0 Å². The van der Waals surface area contributed by atoms with Crippen molar-refractivity contribution >= 4 is 33.4 Å². The summed E-state index contributed by atoms with van der Waals surface area (Å²) in [5.74, 6) is 0. The zero-order valence-electron chi connectivity index (χ0n) is 40.2. The number of hydrogen-bond acceptors (Lipinski definition) is 2. The van der Waals surface area contributed by atoms with Crippen molar-refractivity contribution in [3.05, 3.63) is 294 Å². The molecule has 0 amide bonds. The van der Waals surface area contributed by atoms with E-state index in [9.17, 15) is 0 Å². The van der Waals surface area contributed by atoms with Crippen molar-refractivity contribution in [3.8, 4) is 55.9 Å². The first-order valence-corrected chi connectivity index (χ1v) is 25.0. The fourth-order valence-electron chi connectivity index (χ4n) is 12.5. The molecule has 0 fully saturated rings. The third-order valence-electron chi connectivity index (χ3n) is 15.7. The highest BCUT2D eigenvalue weighted by Gasteiger charge is 2.47. The van der Waals surface area contributed by atoms with E-state index in [4.69, 9.17) is 5.10 Å². The van der Waals surface area contributed by atoms with Crippen LogP contribution in [0.5, 0.6) is 0 Å². The minimum atomic E-state index is -0.552. The van der Waals surface area contributed by atoms with Crippen molar-refractivity contribution in [2.45, 2.75) is 24.7 Å². The highest BCUT2D eigenvalue weighted by Crippen LogP contribution is 2.60. The van der Waals surface area contributed by atoms with Gasteiger partial charge in [0.1, 0.15) is 5.69 Å². The Bertz CT molecular complexity index is 4000. The maximum absolute atomic E-state index is 5.53. The summed E-state index contributed by atoms with van der Waals surface area (Å²) < 4.78 is 2.19. The first-order valence-electron chi connectivity index (χ1n) is 25.0. The monoisotopic (exact) mass is 919 g/mol. The first kappa shape index (κ1) is 41.9. The maximum Gasteiger partial charge on any atom is 0.101 e. The Morgan fingerprint density at radius 3 is 1.60 bits per heavy atom. The quantitative estimate of drug-likeness (QED) is 0.151. The Labute approximate surface area is 420 Å². The molecule has 14 rings (SSSR count). The Kier molecular flexibility index (Phi) is 9.46. The predicted octanol–water partition coefficient (Wildman–Crippen LogP) is 17.6. The van der Waals surface area contributed by atoms with Gasteiger partial charge in [-0.05, 0) is 97.4 Å². The lowest BCUT2D eigenvalue weighted by molar-refractivity contribution is 0.660. The van der Waals surface area contributed by atoms with Crippen molar-refractivity contribution < 1.29 is 0 Å². The summed E-state index contributed by atoms with van der Waals surface area (Å²) in [7, 11) is 0. The highest BCUT2D eigenvalue weighted by atomic mass is 15.2. The van der Waals surface area contributed by atoms with E-state index in [0.717, 1.165) is 67.0 Å². The normalized spacial score (nSPS) is 13.6. The molecule has 0 atom stereocenters. The van der Waals surface area contributed by atoms with E-state index in [1.165, 1.54) is 55.6 Å². The molecule has 0 spiro atoms. The van der Waals surface area contributed by atoms with Crippen LogP contribution in [0.2, 0.25) is 0 Å². The summed E-state index contributed by atoms with van der Waals surface area (Å²) in [4.78, 5) is 2.54. The molecular formula is C69H49N3. The minimum absolute atomic E-state index is 0.194. The molecule has 340 valence electrons. The first-order chi connectivity index (χ1) is 35.5. The van der Waals surface area contributed by atoms with Gasteiger partial charge in [0.05, 0.1) is 22.3 Å². The van der Waals surface area contributed by atoms with Crippen LogP contribution in [0.15, 0.2) is 261 Å². The van der Waals surface area contributed by atoms with Gasteiger partial charge in [-0.25, -0.2) is 4.52 Å². The molecule has 0 saturated carbocycles.